The highest BCUT2D eigenvalue weighted by Gasteiger charge is 2.27. The summed E-state index contributed by atoms with van der Waals surface area (Å²) >= 11 is 0. The lowest BCUT2D eigenvalue weighted by atomic mass is 9.98. The summed E-state index contributed by atoms with van der Waals surface area (Å²) in [5, 5.41) is 10.2. The first-order valence-corrected chi connectivity index (χ1v) is 8.64. The maximum Gasteiger partial charge on any atom is 0.308 e. The van der Waals surface area contributed by atoms with E-state index in [0.717, 1.165) is 42.8 Å². The van der Waals surface area contributed by atoms with Crippen LogP contribution in [0, 0.1) is 5.92 Å². The molecule has 0 bridgehead atoms. The molecule has 2 saturated heterocycles. The molecule has 0 spiro atoms. The van der Waals surface area contributed by atoms with E-state index in [1.165, 1.54) is 0 Å². The van der Waals surface area contributed by atoms with Crippen LogP contribution in [0.3, 0.4) is 0 Å². The number of fused-ring (bicyclic) bond motifs is 1. The molecule has 0 aromatic carbocycles. The van der Waals surface area contributed by atoms with Crippen molar-refractivity contribution in [2.45, 2.75) is 12.8 Å². The van der Waals surface area contributed by atoms with E-state index in [1.54, 1.807) is 12.4 Å². The Morgan fingerprint density at radius 1 is 1.20 bits per heavy atom. The molecule has 2 fully saturated rings. The van der Waals surface area contributed by atoms with Gasteiger partial charge < -0.3 is 19.6 Å². The molecule has 0 saturated carbocycles. The van der Waals surface area contributed by atoms with Crippen molar-refractivity contribution >= 4 is 28.6 Å². The second-order valence-electron chi connectivity index (χ2n) is 6.46. The van der Waals surface area contributed by atoms with Gasteiger partial charge in [0.05, 0.1) is 30.0 Å². The molecule has 2 aromatic heterocycles. The van der Waals surface area contributed by atoms with E-state index in [9.17, 15) is 9.90 Å². The van der Waals surface area contributed by atoms with Gasteiger partial charge in [0.15, 0.2) is 0 Å². The summed E-state index contributed by atoms with van der Waals surface area (Å²) in [5.41, 5.74) is 0.832. The first-order chi connectivity index (χ1) is 12.2. The fraction of sp³-hybridized carbons (Fsp3) is 0.529. The van der Waals surface area contributed by atoms with Crippen molar-refractivity contribution < 1.29 is 14.6 Å². The van der Waals surface area contributed by atoms with Gasteiger partial charge in [-0.3, -0.25) is 4.79 Å². The van der Waals surface area contributed by atoms with Gasteiger partial charge >= 0.3 is 5.97 Å². The van der Waals surface area contributed by atoms with Crippen LogP contribution in [0.1, 0.15) is 12.8 Å². The molecule has 8 heteroatoms. The van der Waals surface area contributed by atoms with Crippen LogP contribution in [0.4, 0.5) is 11.8 Å². The van der Waals surface area contributed by atoms with Crippen molar-refractivity contribution in [2.24, 2.45) is 5.92 Å². The Morgan fingerprint density at radius 3 is 2.84 bits per heavy atom. The maximum absolute atomic E-state index is 11.3. The summed E-state index contributed by atoms with van der Waals surface area (Å²) in [7, 11) is 0. The van der Waals surface area contributed by atoms with Gasteiger partial charge in [-0.2, -0.15) is 0 Å². The first kappa shape index (κ1) is 16.0. The van der Waals surface area contributed by atoms with Crippen LogP contribution in [0.2, 0.25) is 0 Å². The third-order valence-corrected chi connectivity index (χ3v) is 4.84. The minimum Gasteiger partial charge on any atom is -0.481 e. The number of aliphatic carboxylic acids is 1. The molecule has 0 amide bonds. The summed E-state index contributed by atoms with van der Waals surface area (Å²) in [4.78, 5) is 29.2. The van der Waals surface area contributed by atoms with Crippen LogP contribution < -0.4 is 9.80 Å². The van der Waals surface area contributed by atoms with E-state index in [0.29, 0.717) is 32.1 Å². The average Bonchev–Trinajstić information content (AvgIpc) is 2.68. The Kier molecular flexibility index (Phi) is 4.35. The van der Waals surface area contributed by atoms with Gasteiger partial charge in [-0.1, -0.05) is 0 Å². The van der Waals surface area contributed by atoms with E-state index < -0.39 is 5.97 Å². The summed E-state index contributed by atoms with van der Waals surface area (Å²) in [6.07, 6.45) is 5.11. The lowest BCUT2D eigenvalue weighted by Crippen LogP contribution is -2.39. The Labute approximate surface area is 145 Å². The monoisotopic (exact) mass is 343 g/mol. The zero-order valence-electron chi connectivity index (χ0n) is 14.0. The van der Waals surface area contributed by atoms with Gasteiger partial charge in [0, 0.05) is 38.6 Å². The zero-order chi connectivity index (χ0) is 17.2. The molecular formula is C17H21N5O3. The van der Waals surface area contributed by atoms with E-state index >= 15 is 0 Å². The lowest BCUT2D eigenvalue weighted by molar-refractivity contribution is -0.141. The molecule has 0 radical (unpaired) electrons. The number of carboxylic acids is 1. The normalized spacial score (nSPS) is 21.5. The van der Waals surface area contributed by atoms with Crippen molar-refractivity contribution in [1.29, 1.82) is 0 Å². The first-order valence-electron chi connectivity index (χ1n) is 8.64. The molecule has 4 heterocycles. The van der Waals surface area contributed by atoms with Crippen molar-refractivity contribution in [2.75, 3.05) is 49.2 Å². The van der Waals surface area contributed by atoms with Crippen molar-refractivity contribution in [3.63, 3.8) is 0 Å². The van der Waals surface area contributed by atoms with E-state index in [1.807, 2.05) is 11.0 Å². The van der Waals surface area contributed by atoms with E-state index in [4.69, 9.17) is 4.74 Å². The van der Waals surface area contributed by atoms with Gasteiger partial charge in [-0.05, 0) is 18.9 Å². The molecule has 2 aliphatic rings. The van der Waals surface area contributed by atoms with E-state index in [-0.39, 0.29) is 5.92 Å². The predicted molar refractivity (Wildman–Crippen MR) is 92.9 cm³/mol. The van der Waals surface area contributed by atoms with Gasteiger partial charge in [0.1, 0.15) is 5.82 Å². The smallest absolute Gasteiger partial charge is 0.308 e. The molecule has 0 aliphatic carbocycles. The van der Waals surface area contributed by atoms with Crippen molar-refractivity contribution in [1.82, 2.24) is 15.0 Å². The number of nitrogens with zero attached hydrogens (tertiary/aromatic N) is 5. The minimum absolute atomic E-state index is 0.348. The highest BCUT2D eigenvalue weighted by atomic mass is 16.5. The Morgan fingerprint density at radius 2 is 2.04 bits per heavy atom. The number of aromatic nitrogens is 3. The van der Waals surface area contributed by atoms with Crippen LogP contribution in [-0.4, -0.2) is 65.4 Å². The fourth-order valence-corrected chi connectivity index (χ4v) is 3.47. The van der Waals surface area contributed by atoms with Crippen LogP contribution in [0.15, 0.2) is 18.5 Å². The van der Waals surface area contributed by atoms with Crippen molar-refractivity contribution in [3.05, 3.63) is 18.5 Å². The van der Waals surface area contributed by atoms with Crippen LogP contribution in [-0.2, 0) is 9.53 Å². The largest absolute Gasteiger partial charge is 0.481 e. The van der Waals surface area contributed by atoms with E-state index in [2.05, 4.69) is 19.9 Å². The molecular weight excluding hydrogens is 322 g/mol. The molecule has 25 heavy (non-hydrogen) atoms. The fourth-order valence-electron chi connectivity index (χ4n) is 3.47. The number of carboxylic acid groups (broad SMARTS) is 1. The quantitative estimate of drug-likeness (QED) is 0.888. The summed E-state index contributed by atoms with van der Waals surface area (Å²) in [6.45, 7) is 4.24. The lowest BCUT2D eigenvalue weighted by Gasteiger charge is -2.32. The van der Waals surface area contributed by atoms with Gasteiger partial charge in [-0.25, -0.2) is 15.0 Å². The molecule has 2 aromatic rings. The number of hydrogen-bond acceptors (Lipinski definition) is 7. The Balaban J connectivity index is 1.64. The molecule has 1 N–H and O–H groups in total. The number of ether oxygens (including phenoxy) is 1. The molecule has 1 unspecified atom stereocenters. The van der Waals surface area contributed by atoms with Gasteiger partial charge in [-0.15, -0.1) is 0 Å². The number of anilines is 2. The Hall–Kier alpha value is -2.48. The topological polar surface area (TPSA) is 91.7 Å². The summed E-state index contributed by atoms with van der Waals surface area (Å²) in [6, 6.07) is 1.88. The van der Waals surface area contributed by atoms with Crippen molar-refractivity contribution in [3.8, 4) is 0 Å². The second-order valence-corrected chi connectivity index (χ2v) is 6.46. The average molecular weight is 343 g/mol. The predicted octanol–water partition coefficient (Wildman–Crippen LogP) is 1.16. The number of hydrogen-bond donors (Lipinski definition) is 1. The summed E-state index contributed by atoms with van der Waals surface area (Å²) < 4.78 is 5.37. The SMILES string of the molecule is O=C(O)C1CCCN(c2nccc3nc(N4CCOCC4)ncc23)C1. The minimum atomic E-state index is -0.740. The highest BCUT2D eigenvalue weighted by Crippen LogP contribution is 2.28. The molecule has 2 aliphatic heterocycles. The second kappa shape index (κ2) is 6.79. The summed E-state index contributed by atoms with van der Waals surface area (Å²) in [5.74, 6) is 0.391. The third-order valence-electron chi connectivity index (χ3n) is 4.84. The molecule has 4 rings (SSSR count). The molecule has 132 valence electrons. The van der Waals surface area contributed by atoms with Gasteiger partial charge in [0.2, 0.25) is 5.95 Å². The zero-order valence-corrected chi connectivity index (χ0v) is 14.0. The molecule has 8 nitrogen and oxygen atoms in total. The molecule has 1 atom stereocenters. The number of rotatable bonds is 3. The Bertz CT molecular complexity index is 778. The maximum atomic E-state index is 11.3. The number of piperidine rings is 1. The van der Waals surface area contributed by atoms with Gasteiger partial charge in [0.25, 0.3) is 0 Å². The number of carbonyl (C=O) groups is 1. The number of morpholine rings is 1. The third kappa shape index (κ3) is 3.21. The standard InChI is InChI=1S/C17H21N5O3/c23-16(24)12-2-1-5-22(11-12)15-13-10-19-17(20-14(13)3-4-18-15)21-6-8-25-9-7-21/h3-4,10,12H,1-2,5-9,11H2,(H,23,24). The highest BCUT2D eigenvalue weighted by molar-refractivity contribution is 5.89. The number of pyridine rings is 1. The van der Waals surface area contributed by atoms with Crippen LogP contribution in [0.5, 0.6) is 0 Å². The van der Waals surface area contributed by atoms with Crippen LogP contribution in [0.25, 0.3) is 10.9 Å². The van der Waals surface area contributed by atoms with Crippen LogP contribution >= 0.6 is 0 Å².